The zero-order valence-corrected chi connectivity index (χ0v) is 13.0. The monoisotopic (exact) mass is 276 g/mol. The second-order valence-corrected chi connectivity index (χ2v) is 5.79. The van der Waals surface area contributed by atoms with E-state index in [1.54, 1.807) is 0 Å². The van der Waals surface area contributed by atoms with Gasteiger partial charge in [0, 0.05) is 30.7 Å². The van der Waals surface area contributed by atoms with Crippen LogP contribution in [-0.2, 0) is 0 Å². The van der Waals surface area contributed by atoms with Crippen molar-refractivity contribution < 1.29 is 0 Å². The molecule has 2 nitrogen and oxygen atoms in total. The number of rotatable bonds is 2. The molecule has 106 valence electrons. The Bertz CT molecular complexity index is 787. The Balaban J connectivity index is 2.10. The largest absolute Gasteiger partial charge is 0.378 e. The van der Waals surface area contributed by atoms with Crippen molar-refractivity contribution in [3.63, 3.8) is 0 Å². The highest BCUT2D eigenvalue weighted by molar-refractivity contribution is 5.85. The first-order valence-electron chi connectivity index (χ1n) is 7.20. The lowest BCUT2D eigenvalue weighted by Gasteiger charge is -2.13. The highest BCUT2D eigenvalue weighted by Crippen LogP contribution is 2.26. The van der Waals surface area contributed by atoms with Crippen LogP contribution in [0, 0.1) is 13.8 Å². The minimum atomic E-state index is 1.04. The van der Waals surface area contributed by atoms with Gasteiger partial charge in [-0.3, -0.25) is 0 Å². The number of pyridine rings is 1. The van der Waals surface area contributed by atoms with Crippen molar-refractivity contribution in [2.45, 2.75) is 13.8 Å². The van der Waals surface area contributed by atoms with Crippen LogP contribution in [0.1, 0.15) is 11.1 Å². The van der Waals surface area contributed by atoms with E-state index in [-0.39, 0.29) is 0 Å². The van der Waals surface area contributed by atoms with E-state index in [2.05, 4.69) is 81.4 Å². The second kappa shape index (κ2) is 5.21. The average molecular weight is 276 g/mol. The molecule has 0 spiro atoms. The van der Waals surface area contributed by atoms with E-state index in [9.17, 15) is 0 Å². The van der Waals surface area contributed by atoms with E-state index < -0.39 is 0 Å². The smallest absolute Gasteiger partial charge is 0.0712 e. The van der Waals surface area contributed by atoms with Crippen molar-refractivity contribution in [1.82, 2.24) is 4.98 Å². The fraction of sp³-hybridized carbons (Fsp3) is 0.211. The summed E-state index contributed by atoms with van der Waals surface area (Å²) in [6, 6.07) is 17.1. The lowest BCUT2D eigenvalue weighted by atomic mass is 10.0. The van der Waals surface area contributed by atoms with Crippen LogP contribution in [0.4, 0.5) is 5.69 Å². The van der Waals surface area contributed by atoms with Crippen LogP contribution in [0.3, 0.4) is 0 Å². The molecule has 0 saturated carbocycles. The van der Waals surface area contributed by atoms with Crippen LogP contribution < -0.4 is 4.90 Å². The van der Waals surface area contributed by atoms with Gasteiger partial charge in [0.15, 0.2) is 0 Å². The van der Waals surface area contributed by atoms with Gasteiger partial charge < -0.3 is 4.90 Å². The van der Waals surface area contributed by atoms with Gasteiger partial charge in [0.05, 0.1) is 11.2 Å². The number of aromatic nitrogens is 1. The third kappa shape index (κ3) is 2.62. The molecule has 0 aliphatic heterocycles. The fourth-order valence-electron chi connectivity index (χ4n) is 2.59. The molecular weight excluding hydrogens is 256 g/mol. The Labute approximate surface area is 126 Å². The third-order valence-electron chi connectivity index (χ3n) is 3.85. The molecule has 0 saturated heterocycles. The van der Waals surface area contributed by atoms with Crippen LogP contribution >= 0.6 is 0 Å². The predicted molar refractivity (Wildman–Crippen MR) is 91.0 cm³/mol. The van der Waals surface area contributed by atoms with Crippen molar-refractivity contribution >= 4 is 16.6 Å². The Morgan fingerprint density at radius 3 is 2.24 bits per heavy atom. The van der Waals surface area contributed by atoms with E-state index in [1.807, 2.05) is 0 Å². The van der Waals surface area contributed by atoms with Gasteiger partial charge in [-0.05, 0) is 49.7 Å². The van der Waals surface area contributed by atoms with Crippen molar-refractivity contribution in [1.29, 1.82) is 0 Å². The normalized spacial score (nSPS) is 10.9. The summed E-state index contributed by atoms with van der Waals surface area (Å²) in [6.45, 7) is 4.27. The standard InChI is InChI=1S/C19H20N2/c1-13-5-10-18-17(11-13)14(2)12-19(20-18)15-6-8-16(9-7-15)21(3)4/h5-12H,1-4H3. The molecule has 0 fully saturated rings. The Kier molecular flexibility index (Phi) is 3.38. The summed E-state index contributed by atoms with van der Waals surface area (Å²) in [5.74, 6) is 0. The molecule has 0 N–H and O–H groups in total. The van der Waals surface area contributed by atoms with Crippen LogP contribution in [0.5, 0.6) is 0 Å². The summed E-state index contributed by atoms with van der Waals surface area (Å²) < 4.78 is 0. The molecule has 21 heavy (non-hydrogen) atoms. The molecule has 3 aromatic rings. The molecule has 1 aromatic heterocycles. The zero-order chi connectivity index (χ0) is 15.0. The summed E-state index contributed by atoms with van der Waals surface area (Å²) >= 11 is 0. The predicted octanol–water partition coefficient (Wildman–Crippen LogP) is 4.58. The maximum atomic E-state index is 4.81. The van der Waals surface area contributed by atoms with Gasteiger partial charge in [0.2, 0.25) is 0 Å². The number of hydrogen-bond acceptors (Lipinski definition) is 2. The van der Waals surface area contributed by atoms with Gasteiger partial charge in [-0.2, -0.15) is 0 Å². The van der Waals surface area contributed by atoms with Crippen LogP contribution in [0.15, 0.2) is 48.5 Å². The number of aryl methyl sites for hydroxylation is 2. The number of anilines is 1. The highest BCUT2D eigenvalue weighted by Gasteiger charge is 2.06. The zero-order valence-electron chi connectivity index (χ0n) is 13.0. The van der Waals surface area contributed by atoms with Gasteiger partial charge in [-0.1, -0.05) is 23.8 Å². The topological polar surface area (TPSA) is 16.1 Å². The van der Waals surface area contributed by atoms with Gasteiger partial charge in [-0.15, -0.1) is 0 Å². The molecule has 0 unspecified atom stereocenters. The Morgan fingerprint density at radius 1 is 0.857 bits per heavy atom. The Morgan fingerprint density at radius 2 is 1.57 bits per heavy atom. The molecule has 2 heteroatoms. The minimum absolute atomic E-state index is 1.04. The van der Waals surface area contributed by atoms with E-state index in [1.165, 1.54) is 22.2 Å². The quantitative estimate of drug-likeness (QED) is 0.681. The number of benzene rings is 2. The third-order valence-corrected chi connectivity index (χ3v) is 3.85. The maximum absolute atomic E-state index is 4.81. The van der Waals surface area contributed by atoms with Gasteiger partial charge >= 0.3 is 0 Å². The van der Waals surface area contributed by atoms with Crippen LogP contribution in [-0.4, -0.2) is 19.1 Å². The SMILES string of the molecule is Cc1ccc2nc(-c3ccc(N(C)C)cc3)cc(C)c2c1. The van der Waals surface area contributed by atoms with Gasteiger partial charge in [0.25, 0.3) is 0 Å². The summed E-state index contributed by atoms with van der Waals surface area (Å²) in [4.78, 5) is 6.91. The lowest BCUT2D eigenvalue weighted by molar-refractivity contribution is 1.13. The highest BCUT2D eigenvalue weighted by atomic mass is 15.1. The first-order chi connectivity index (χ1) is 10.0. The summed E-state index contributed by atoms with van der Waals surface area (Å²) in [6.07, 6.45) is 0. The Hall–Kier alpha value is -2.35. The molecule has 0 aliphatic rings. The molecule has 0 aliphatic carbocycles. The molecule has 0 atom stereocenters. The molecule has 1 heterocycles. The van der Waals surface area contributed by atoms with E-state index in [0.717, 1.165) is 16.8 Å². The minimum Gasteiger partial charge on any atom is -0.378 e. The van der Waals surface area contributed by atoms with E-state index >= 15 is 0 Å². The molecule has 0 bridgehead atoms. The molecule has 2 aromatic carbocycles. The number of fused-ring (bicyclic) bond motifs is 1. The van der Waals surface area contributed by atoms with E-state index in [4.69, 9.17) is 4.98 Å². The molecule has 0 amide bonds. The summed E-state index contributed by atoms with van der Waals surface area (Å²) in [7, 11) is 4.10. The van der Waals surface area contributed by atoms with Crippen LogP contribution in [0.25, 0.3) is 22.2 Å². The maximum Gasteiger partial charge on any atom is 0.0712 e. The van der Waals surface area contributed by atoms with Crippen LogP contribution in [0.2, 0.25) is 0 Å². The molecular formula is C19H20N2. The lowest BCUT2D eigenvalue weighted by Crippen LogP contribution is -2.07. The van der Waals surface area contributed by atoms with Crippen molar-refractivity contribution in [2.24, 2.45) is 0 Å². The summed E-state index contributed by atoms with van der Waals surface area (Å²) in [5.41, 5.74) is 7.00. The fourth-order valence-corrected chi connectivity index (χ4v) is 2.59. The van der Waals surface area contributed by atoms with Crippen molar-refractivity contribution in [3.05, 3.63) is 59.7 Å². The van der Waals surface area contributed by atoms with Crippen molar-refractivity contribution in [2.75, 3.05) is 19.0 Å². The number of hydrogen-bond donors (Lipinski definition) is 0. The molecule has 3 rings (SSSR count). The number of nitrogens with zero attached hydrogens (tertiary/aromatic N) is 2. The first kappa shape index (κ1) is 13.6. The first-order valence-corrected chi connectivity index (χ1v) is 7.20. The van der Waals surface area contributed by atoms with Gasteiger partial charge in [0.1, 0.15) is 0 Å². The second-order valence-electron chi connectivity index (χ2n) is 5.79. The van der Waals surface area contributed by atoms with Gasteiger partial charge in [-0.25, -0.2) is 4.98 Å². The van der Waals surface area contributed by atoms with Crippen molar-refractivity contribution in [3.8, 4) is 11.3 Å². The molecule has 0 radical (unpaired) electrons. The van der Waals surface area contributed by atoms with E-state index in [0.29, 0.717) is 0 Å². The summed E-state index contributed by atoms with van der Waals surface area (Å²) in [5, 5.41) is 1.24. The average Bonchev–Trinajstić information content (AvgIpc) is 2.48.